The molecular formula is C16H13B2N. The highest BCUT2D eigenvalue weighted by atomic mass is 14.7. The third-order valence-electron chi connectivity index (χ3n) is 4.68. The molecule has 1 aromatic heterocycles. The Morgan fingerprint density at radius 3 is 2.47 bits per heavy atom. The Morgan fingerprint density at radius 1 is 0.947 bits per heavy atom. The van der Waals surface area contributed by atoms with Gasteiger partial charge in [0.15, 0.2) is 0 Å². The van der Waals surface area contributed by atoms with Gasteiger partial charge in [-0.2, -0.15) is 0 Å². The van der Waals surface area contributed by atoms with Crippen molar-refractivity contribution in [2.24, 2.45) is 0 Å². The van der Waals surface area contributed by atoms with Crippen molar-refractivity contribution in [1.29, 1.82) is 0 Å². The highest BCUT2D eigenvalue weighted by Crippen LogP contribution is 2.59. The SMILES string of the molecule is [B]C12CCC([B])(C1)c1c2ccnc1-c1ccccc1. The lowest BCUT2D eigenvalue weighted by molar-refractivity contribution is 0.646. The smallest absolute Gasteiger partial charge is 0.0811 e. The number of hydrogen-bond donors (Lipinski definition) is 0. The molecule has 19 heavy (non-hydrogen) atoms. The molecule has 1 saturated carbocycles. The summed E-state index contributed by atoms with van der Waals surface area (Å²) in [5.74, 6) is 0. The molecule has 0 aliphatic heterocycles. The minimum absolute atomic E-state index is 0.240. The minimum atomic E-state index is -0.288. The van der Waals surface area contributed by atoms with E-state index >= 15 is 0 Å². The second kappa shape index (κ2) is 3.53. The molecule has 2 aliphatic carbocycles. The van der Waals surface area contributed by atoms with Gasteiger partial charge in [-0.3, -0.25) is 4.98 Å². The fourth-order valence-electron chi connectivity index (χ4n) is 3.82. The number of nitrogens with zero attached hydrogens (tertiary/aromatic N) is 1. The summed E-state index contributed by atoms with van der Waals surface area (Å²) in [5, 5.41) is -0.528. The molecule has 1 fully saturated rings. The Morgan fingerprint density at radius 2 is 1.68 bits per heavy atom. The van der Waals surface area contributed by atoms with Gasteiger partial charge in [0, 0.05) is 11.8 Å². The predicted octanol–water partition coefficient (Wildman–Crippen LogP) is 2.67. The van der Waals surface area contributed by atoms with E-state index in [1.54, 1.807) is 0 Å². The standard InChI is InChI=1S/C16H13B2N/c17-15-7-8-16(18,10-15)13-12(15)6-9-19-14(13)11-4-2-1-3-5-11/h1-6,9H,7-8,10H2. The number of benzene rings is 1. The van der Waals surface area contributed by atoms with Crippen LogP contribution in [0.1, 0.15) is 30.4 Å². The number of hydrogen-bond acceptors (Lipinski definition) is 1. The lowest BCUT2D eigenvalue weighted by Gasteiger charge is -2.29. The summed E-state index contributed by atoms with van der Waals surface area (Å²) in [5.41, 5.74) is 4.51. The van der Waals surface area contributed by atoms with Gasteiger partial charge in [-0.1, -0.05) is 43.2 Å². The van der Waals surface area contributed by atoms with Crippen LogP contribution < -0.4 is 0 Å². The number of fused-ring (bicyclic) bond motifs is 5. The zero-order chi connectivity index (χ0) is 13.1. The van der Waals surface area contributed by atoms with Gasteiger partial charge in [0.05, 0.1) is 21.4 Å². The maximum Gasteiger partial charge on any atom is 0.0811 e. The van der Waals surface area contributed by atoms with Crippen LogP contribution in [0.25, 0.3) is 11.3 Å². The Labute approximate surface area is 116 Å². The highest BCUT2D eigenvalue weighted by molar-refractivity contribution is 6.23. The first-order valence-electron chi connectivity index (χ1n) is 6.76. The largest absolute Gasteiger partial charge is 0.256 e. The summed E-state index contributed by atoms with van der Waals surface area (Å²) in [4.78, 5) is 4.58. The molecule has 2 aromatic rings. The first kappa shape index (κ1) is 11.3. The van der Waals surface area contributed by atoms with E-state index < -0.39 is 0 Å². The molecule has 4 rings (SSSR count). The summed E-state index contributed by atoms with van der Waals surface area (Å²) in [7, 11) is 13.2. The van der Waals surface area contributed by atoms with E-state index in [9.17, 15) is 0 Å². The molecule has 0 saturated heterocycles. The van der Waals surface area contributed by atoms with Crippen molar-refractivity contribution < 1.29 is 0 Å². The maximum absolute atomic E-state index is 6.61. The third-order valence-corrected chi connectivity index (χ3v) is 4.68. The first-order valence-corrected chi connectivity index (χ1v) is 6.76. The lowest BCUT2D eigenvalue weighted by Crippen LogP contribution is -2.23. The number of pyridine rings is 1. The van der Waals surface area contributed by atoms with E-state index in [1.165, 1.54) is 11.1 Å². The molecule has 2 bridgehead atoms. The second-order valence-electron chi connectivity index (χ2n) is 5.94. The van der Waals surface area contributed by atoms with Gasteiger partial charge in [0.25, 0.3) is 0 Å². The van der Waals surface area contributed by atoms with Crippen LogP contribution in [0.2, 0.25) is 0 Å². The van der Waals surface area contributed by atoms with Crippen molar-refractivity contribution in [3.8, 4) is 11.3 Å². The topological polar surface area (TPSA) is 12.9 Å². The van der Waals surface area contributed by atoms with Crippen LogP contribution in [-0.2, 0) is 10.6 Å². The van der Waals surface area contributed by atoms with Gasteiger partial charge >= 0.3 is 0 Å². The van der Waals surface area contributed by atoms with Gasteiger partial charge < -0.3 is 0 Å². The molecule has 2 unspecified atom stereocenters. The zero-order valence-corrected chi connectivity index (χ0v) is 10.8. The molecule has 4 radical (unpaired) electrons. The molecule has 2 atom stereocenters. The molecule has 1 nitrogen and oxygen atoms in total. The molecule has 2 aliphatic rings. The van der Waals surface area contributed by atoms with Crippen molar-refractivity contribution in [1.82, 2.24) is 4.98 Å². The van der Waals surface area contributed by atoms with E-state index in [1.807, 2.05) is 24.4 Å². The summed E-state index contributed by atoms with van der Waals surface area (Å²) >= 11 is 0. The van der Waals surface area contributed by atoms with Crippen LogP contribution in [0.4, 0.5) is 0 Å². The van der Waals surface area contributed by atoms with Gasteiger partial charge in [0.2, 0.25) is 0 Å². The van der Waals surface area contributed by atoms with Gasteiger partial charge in [0.1, 0.15) is 0 Å². The monoisotopic (exact) mass is 241 g/mol. The van der Waals surface area contributed by atoms with Crippen LogP contribution in [0.5, 0.6) is 0 Å². The van der Waals surface area contributed by atoms with Gasteiger partial charge in [-0.15, -0.1) is 0 Å². The van der Waals surface area contributed by atoms with Crippen molar-refractivity contribution in [3.05, 3.63) is 53.7 Å². The quantitative estimate of drug-likeness (QED) is 0.699. The van der Waals surface area contributed by atoms with E-state index in [-0.39, 0.29) is 10.6 Å². The first-order chi connectivity index (χ1) is 9.12. The van der Waals surface area contributed by atoms with E-state index in [2.05, 4.69) is 23.2 Å². The Hall–Kier alpha value is -1.50. The van der Waals surface area contributed by atoms with Crippen molar-refractivity contribution in [3.63, 3.8) is 0 Å². The average molecular weight is 241 g/mol. The average Bonchev–Trinajstić information content (AvgIpc) is 2.88. The fourth-order valence-corrected chi connectivity index (χ4v) is 3.82. The van der Waals surface area contributed by atoms with Crippen molar-refractivity contribution >= 4 is 15.7 Å². The summed E-state index contributed by atoms with van der Waals surface area (Å²) in [6, 6.07) is 12.3. The van der Waals surface area contributed by atoms with E-state index in [0.29, 0.717) is 0 Å². The van der Waals surface area contributed by atoms with Gasteiger partial charge in [-0.05, 0) is 34.2 Å². The fraction of sp³-hybridized carbons (Fsp3) is 0.312. The molecule has 3 heteroatoms. The summed E-state index contributed by atoms with van der Waals surface area (Å²) in [6.45, 7) is 0. The van der Waals surface area contributed by atoms with Crippen LogP contribution in [0, 0.1) is 0 Å². The highest BCUT2D eigenvalue weighted by Gasteiger charge is 2.53. The molecule has 0 spiro atoms. The third kappa shape index (κ3) is 1.42. The minimum Gasteiger partial charge on any atom is -0.256 e. The number of aromatic nitrogens is 1. The zero-order valence-electron chi connectivity index (χ0n) is 10.8. The molecule has 1 aromatic carbocycles. The van der Waals surface area contributed by atoms with Gasteiger partial charge in [-0.25, -0.2) is 0 Å². The predicted molar refractivity (Wildman–Crippen MR) is 78.4 cm³/mol. The Balaban J connectivity index is 2.01. The van der Waals surface area contributed by atoms with Crippen LogP contribution in [0.15, 0.2) is 42.6 Å². The summed E-state index contributed by atoms with van der Waals surface area (Å²) in [6.07, 6.45) is 4.65. The van der Waals surface area contributed by atoms with Crippen LogP contribution >= 0.6 is 0 Å². The summed E-state index contributed by atoms with van der Waals surface area (Å²) < 4.78 is 0. The van der Waals surface area contributed by atoms with Crippen LogP contribution in [0.3, 0.4) is 0 Å². The number of rotatable bonds is 1. The second-order valence-corrected chi connectivity index (χ2v) is 5.94. The molecule has 1 heterocycles. The van der Waals surface area contributed by atoms with E-state index in [0.717, 1.165) is 30.5 Å². The Kier molecular flexibility index (Phi) is 2.11. The Bertz CT molecular complexity index is 655. The van der Waals surface area contributed by atoms with Crippen molar-refractivity contribution in [2.45, 2.75) is 29.9 Å². The molecular weight excluding hydrogens is 228 g/mol. The maximum atomic E-state index is 6.61. The molecule has 0 amide bonds. The van der Waals surface area contributed by atoms with Crippen molar-refractivity contribution in [2.75, 3.05) is 0 Å². The molecule has 88 valence electrons. The lowest BCUT2D eigenvalue weighted by atomic mass is 9.62. The normalized spacial score (nSPS) is 31.4. The van der Waals surface area contributed by atoms with Crippen LogP contribution in [-0.4, -0.2) is 20.7 Å². The molecule has 0 N–H and O–H groups in total. The van der Waals surface area contributed by atoms with E-state index in [4.69, 9.17) is 15.7 Å².